The third-order valence-corrected chi connectivity index (χ3v) is 9.95. The number of carboxylic acid groups (broad SMARTS) is 1. The standard InChI is InChI=1S/C33H41FN4O2/c1-2-5-24-8-9-31-35-19-30(38(31)20-24)25-11-16-36(17-12-25)21-27-22-37(33(13-4-14-33)15-10-32(39)40)23-29(27)26-6-3-7-28(34)18-26/h2-3,6-9,18-20,25,27,29H,1,4-5,10-17,21-23H2,(H,39,40)/t27-,29+/m0/s1. The zero-order valence-corrected chi connectivity index (χ0v) is 23.3. The highest BCUT2D eigenvalue weighted by molar-refractivity contribution is 5.66. The molecule has 0 unspecified atom stereocenters. The fourth-order valence-electron chi connectivity index (χ4n) is 7.58. The minimum absolute atomic E-state index is 0.000771. The molecule has 7 heteroatoms. The molecule has 1 saturated carbocycles. The van der Waals surface area contributed by atoms with Crippen molar-refractivity contribution in [2.24, 2.45) is 5.92 Å². The highest BCUT2D eigenvalue weighted by atomic mass is 19.1. The summed E-state index contributed by atoms with van der Waals surface area (Å²) in [5, 5.41) is 9.38. The highest BCUT2D eigenvalue weighted by Gasteiger charge is 2.48. The molecular formula is C33H41FN4O2. The van der Waals surface area contributed by atoms with E-state index in [0.29, 0.717) is 18.3 Å². The molecule has 2 aromatic heterocycles. The fourth-order valence-corrected chi connectivity index (χ4v) is 7.58. The molecule has 212 valence electrons. The molecule has 4 heterocycles. The Morgan fingerprint density at radius 1 is 1.18 bits per heavy atom. The molecule has 1 aliphatic carbocycles. The van der Waals surface area contributed by atoms with Crippen molar-refractivity contribution in [3.8, 4) is 0 Å². The predicted molar refractivity (Wildman–Crippen MR) is 155 cm³/mol. The first-order chi connectivity index (χ1) is 19.4. The van der Waals surface area contributed by atoms with E-state index in [1.165, 1.54) is 17.3 Å². The quantitative estimate of drug-likeness (QED) is 0.323. The van der Waals surface area contributed by atoms with Crippen molar-refractivity contribution < 1.29 is 14.3 Å². The molecular weight excluding hydrogens is 503 g/mol. The minimum Gasteiger partial charge on any atom is -0.481 e. The number of piperidine rings is 1. The minimum atomic E-state index is -0.713. The summed E-state index contributed by atoms with van der Waals surface area (Å²) in [6, 6.07) is 11.4. The summed E-state index contributed by atoms with van der Waals surface area (Å²) in [5.41, 5.74) is 4.63. The number of pyridine rings is 1. The zero-order chi connectivity index (χ0) is 27.7. The van der Waals surface area contributed by atoms with Crippen LogP contribution in [0.25, 0.3) is 5.65 Å². The Hall–Kier alpha value is -3.03. The van der Waals surface area contributed by atoms with Crippen LogP contribution in [0.1, 0.15) is 73.6 Å². The van der Waals surface area contributed by atoms with Crippen LogP contribution < -0.4 is 0 Å². The summed E-state index contributed by atoms with van der Waals surface area (Å²) in [6.07, 6.45) is 13.5. The van der Waals surface area contributed by atoms with Gasteiger partial charge in [-0.15, -0.1) is 6.58 Å². The lowest BCUT2D eigenvalue weighted by Gasteiger charge is -2.49. The van der Waals surface area contributed by atoms with Crippen molar-refractivity contribution in [1.82, 2.24) is 19.2 Å². The average Bonchev–Trinajstić information content (AvgIpc) is 3.53. The molecule has 1 aromatic carbocycles. The molecule has 2 atom stereocenters. The van der Waals surface area contributed by atoms with Gasteiger partial charge >= 0.3 is 5.97 Å². The molecule has 0 amide bonds. The van der Waals surface area contributed by atoms with E-state index in [2.05, 4.69) is 56.4 Å². The molecule has 1 N–H and O–H groups in total. The van der Waals surface area contributed by atoms with Crippen molar-refractivity contribution in [2.45, 2.75) is 68.7 Å². The van der Waals surface area contributed by atoms with Crippen molar-refractivity contribution in [2.75, 3.05) is 32.7 Å². The number of likely N-dealkylation sites (tertiary alicyclic amines) is 2. The maximum Gasteiger partial charge on any atom is 0.303 e. The summed E-state index contributed by atoms with van der Waals surface area (Å²) in [6.45, 7) is 8.81. The van der Waals surface area contributed by atoms with Gasteiger partial charge < -0.3 is 14.4 Å². The van der Waals surface area contributed by atoms with Crippen LogP contribution in [0, 0.1) is 11.7 Å². The maximum absolute atomic E-state index is 14.3. The molecule has 3 aliphatic rings. The van der Waals surface area contributed by atoms with Crippen LogP contribution in [0.15, 0.2) is 61.4 Å². The lowest BCUT2D eigenvalue weighted by molar-refractivity contribution is -0.138. The summed E-state index contributed by atoms with van der Waals surface area (Å²) < 4.78 is 16.5. The number of benzene rings is 1. The third-order valence-electron chi connectivity index (χ3n) is 9.95. The van der Waals surface area contributed by atoms with Crippen LogP contribution in [0.3, 0.4) is 0 Å². The lowest BCUT2D eigenvalue weighted by Crippen LogP contribution is -2.53. The molecule has 2 saturated heterocycles. The van der Waals surface area contributed by atoms with Crippen LogP contribution in [0.5, 0.6) is 0 Å². The van der Waals surface area contributed by atoms with Gasteiger partial charge in [-0.3, -0.25) is 9.69 Å². The van der Waals surface area contributed by atoms with Crippen LogP contribution in [-0.4, -0.2) is 68.5 Å². The number of rotatable bonds is 10. The first kappa shape index (κ1) is 27.2. The Labute approximate surface area is 236 Å². The van der Waals surface area contributed by atoms with E-state index in [1.807, 2.05) is 12.1 Å². The highest BCUT2D eigenvalue weighted by Crippen LogP contribution is 2.47. The molecule has 2 aliphatic heterocycles. The number of halogens is 1. The van der Waals surface area contributed by atoms with Gasteiger partial charge in [-0.05, 0) is 93.3 Å². The van der Waals surface area contributed by atoms with E-state index < -0.39 is 5.97 Å². The first-order valence-corrected chi connectivity index (χ1v) is 15.0. The van der Waals surface area contributed by atoms with Crippen LogP contribution in [0.4, 0.5) is 4.39 Å². The second-order valence-electron chi connectivity index (χ2n) is 12.3. The molecule has 6 rings (SSSR count). The van der Waals surface area contributed by atoms with E-state index in [-0.39, 0.29) is 23.7 Å². The third kappa shape index (κ3) is 5.46. The molecule has 0 spiro atoms. The average molecular weight is 545 g/mol. The van der Waals surface area contributed by atoms with Gasteiger partial charge in [0.25, 0.3) is 0 Å². The van der Waals surface area contributed by atoms with Crippen molar-refractivity contribution in [3.63, 3.8) is 0 Å². The molecule has 3 aromatic rings. The topological polar surface area (TPSA) is 61.1 Å². The van der Waals surface area contributed by atoms with E-state index in [9.17, 15) is 14.3 Å². The number of imidazole rings is 1. The Kier molecular flexibility index (Phi) is 7.78. The van der Waals surface area contributed by atoms with Gasteiger partial charge in [-0.2, -0.15) is 0 Å². The number of allylic oxidation sites excluding steroid dienone is 1. The summed E-state index contributed by atoms with van der Waals surface area (Å²) in [4.78, 5) is 21.3. The number of fused-ring (bicyclic) bond motifs is 1. The lowest BCUT2D eigenvalue weighted by atomic mass is 9.72. The number of aliphatic carboxylic acids is 1. The van der Waals surface area contributed by atoms with Gasteiger partial charge in [0.1, 0.15) is 11.5 Å². The van der Waals surface area contributed by atoms with Crippen LogP contribution in [0.2, 0.25) is 0 Å². The molecule has 6 nitrogen and oxygen atoms in total. The Bertz CT molecular complexity index is 1360. The Morgan fingerprint density at radius 2 is 2.00 bits per heavy atom. The van der Waals surface area contributed by atoms with Gasteiger partial charge in [0.15, 0.2) is 0 Å². The number of hydrogen-bond donors (Lipinski definition) is 1. The van der Waals surface area contributed by atoms with Crippen LogP contribution >= 0.6 is 0 Å². The van der Waals surface area contributed by atoms with E-state index >= 15 is 0 Å². The predicted octanol–water partition coefficient (Wildman–Crippen LogP) is 5.88. The Morgan fingerprint density at radius 3 is 2.70 bits per heavy atom. The zero-order valence-electron chi connectivity index (χ0n) is 23.3. The number of hydrogen-bond acceptors (Lipinski definition) is 4. The van der Waals surface area contributed by atoms with E-state index in [0.717, 1.165) is 82.5 Å². The normalized spacial score (nSPS) is 23.8. The van der Waals surface area contributed by atoms with Crippen molar-refractivity contribution in [1.29, 1.82) is 0 Å². The van der Waals surface area contributed by atoms with Gasteiger partial charge in [0.05, 0.1) is 0 Å². The maximum atomic E-state index is 14.3. The molecule has 40 heavy (non-hydrogen) atoms. The fraction of sp³-hybridized carbons (Fsp3) is 0.515. The number of aromatic nitrogens is 2. The SMILES string of the molecule is C=CCc1ccc2ncc(C3CCN(C[C@H]4CN(C5(CCC(=O)O)CCC5)C[C@@H]4c4cccc(F)c4)CC3)n2c1. The molecule has 0 bridgehead atoms. The summed E-state index contributed by atoms with van der Waals surface area (Å²) in [7, 11) is 0. The monoisotopic (exact) mass is 544 g/mol. The molecule has 3 fully saturated rings. The number of carboxylic acids is 1. The summed E-state index contributed by atoms with van der Waals surface area (Å²) >= 11 is 0. The van der Waals surface area contributed by atoms with E-state index in [4.69, 9.17) is 0 Å². The van der Waals surface area contributed by atoms with Crippen molar-refractivity contribution in [3.05, 3.63) is 84.1 Å². The van der Waals surface area contributed by atoms with Gasteiger partial charge in [0, 0.05) is 61.5 Å². The van der Waals surface area contributed by atoms with Gasteiger partial charge in [-0.1, -0.05) is 24.3 Å². The second kappa shape index (κ2) is 11.5. The van der Waals surface area contributed by atoms with Crippen molar-refractivity contribution >= 4 is 11.6 Å². The second-order valence-corrected chi connectivity index (χ2v) is 12.3. The largest absolute Gasteiger partial charge is 0.481 e. The van der Waals surface area contributed by atoms with E-state index in [1.54, 1.807) is 6.07 Å². The smallest absolute Gasteiger partial charge is 0.303 e. The summed E-state index contributed by atoms with van der Waals surface area (Å²) in [5.74, 6) is 0.257. The Balaban J connectivity index is 1.15. The van der Waals surface area contributed by atoms with Gasteiger partial charge in [0.2, 0.25) is 0 Å². The number of carbonyl (C=O) groups is 1. The van der Waals surface area contributed by atoms with Crippen LogP contribution in [-0.2, 0) is 11.2 Å². The van der Waals surface area contributed by atoms with Gasteiger partial charge in [-0.25, -0.2) is 9.37 Å². The molecule has 0 radical (unpaired) electrons. The first-order valence-electron chi connectivity index (χ1n) is 15.0. The number of nitrogens with zero attached hydrogens (tertiary/aromatic N) is 4.